The van der Waals surface area contributed by atoms with E-state index in [1.54, 1.807) is 50.2 Å². The van der Waals surface area contributed by atoms with E-state index >= 15 is 0 Å². The van der Waals surface area contributed by atoms with Crippen LogP contribution < -0.4 is 16.2 Å². The maximum atomic E-state index is 12.8. The molecule has 2 N–H and O–H groups in total. The minimum Gasteiger partial charge on any atom is -0.464 e. The number of rotatable bonds is 5. The molecule has 0 saturated heterocycles. The van der Waals surface area contributed by atoms with Crippen LogP contribution in [0.25, 0.3) is 10.9 Å². The maximum Gasteiger partial charge on any atom is 0.338 e. The van der Waals surface area contributed by atoms with Crippen molar-refractivity contribution in [3.05, 3.63) is 69.5 Å². The Bertz CT molecular complexity index is 1230. The number of nitrogens with zero attached hydrogens (tertiary/aromatic N) is 3. The third-order valence-corrected chi connectivity index (χ3v) is 4.63. The molecule has 2 amide bonds. The molecule has 0 spiro atoms. The number of hydrogen-bond acceptors (Lipinski definition) is 7. The second-order valence-corrected chi connectivity index (χ2v) is 6.66. The molecule has 3 aromatic rings. The lowest BCUT2D eigenvalue weighted by molar-refractivity contribution is -0.139. The van der Waals surface area contributed by atoms with Gasteiger partial charge in [-0.15, -0.1) is 5.10 Å². The largest absolute Gasteiger partial charge is 0.464 e. The zero-order valence-electron chi connectivity index (χ0n) is 16.3. The topological polar surface area (TPSA) is 128 Å². The second kappa shape index (κ2) is 7.82. The molecule has 2 aromatic heterocycles. The van der Waals surface area contributed by atoms with E-state index in [0.29, 0.717) is 22.4 Å². The summed E-state index contributed by atoms with van der Waals surface area (Å²) in [5, 5.41) is 13.6. The third kappa shape index (κ3) is 3.54. The molecule has 0 unspecified atom stereocenters. The number of furan rings is 1. The molecule has 3 heterocycles. The summed E-state index contributed by atoms with van der Waals surface area (Å²) in [6.07, 6.45) is 0. The van der Waals surface area contributed by atoms with E-state index < -0.39 is 23.6 Å². The molecule has 0 fully saturated rings. The van der Waals surface area contributed by atoms with E-state index in [2.05, 4.69) is 20.9 Å². The van der Waals surface area contributed by atoms with Crippen molar-refractivity contribution < 1.29 is 18.7 Å². The van der Waals surface area contributed by atoms with Gasteiger partial charge < -0.3 is 19.8 Å². The summed E-state index contributed by atoms with van der Waals surface area (Å²) in [5.41, 5.74) is 0.377. The number of aryl methyl sites for hydroxylation is 1. The molecule has 0 bridgehead atoms. The molecular formula is C20H19N5O5. The van der Waals surface area contributed by atoms with Gasteiger partial charge in [0.15, 0.2) is 0 Å². The van der Waals surface area contributed by atoms with Crippen molar-refractivity contribution in [3.8, 4) is 0 Å². The van der Waals surface area contributed by atoms with E-state index in [1.807, 2.05) is 0 Å². The molecule has 0 saturated carbocycles. The van der Waals surface area contributed by atoms with Crippen molar-refractivity contribution in [1.29, 1.82) is 0 Å². The Kier molecular flexibility index (Phi) is 5.05. The molecule has 1 atom stereocenters. The van der Waals surface area contributed by atoms with Gasteiger partial charge in [0.1, 0.15) is 23.1 Å². The van der Waals surface area contributed by atoms with E-state index in [9.17, 15) is 14.4 Å². The van der Waals surface area contributed by atoms with Crippen LogP contribution in [0.5, 0.6) is 0 Å². The maximum absolute atomic E-state index is 12.8. The Balaban J connectivity index is 1.82. The van der Waals surface area contributed by atoms with Crippen LogP contribution in [0, 0.1) is 6.92 Å². The first-order valence-electron chi connectivity index (χ1n) is 9.34. The molecule has 10 nitrogen and oxygen atoms in total. The van der Waals surface area contributed by atoms with Gasteiger partial charge in [0.25, 0.3) is 5.56 Å². The highest BCUT2D eigenvalue weighted by Gasteiger charge is 2.35. The number of hydrogen-bond donors (Lipinski definition) is 2. The smallest absolute Gasteiger partial charge is 0.338 e. The number of carbonyl (C=O) groups excluding carboxylic acids is 2. The minimum absolute atomic E-state index is 0.132. The number of urea groups is 1. The average Bonchev–Trinajstić information content (AvgIpc) is 3.16. The molecule has 4 rings (SSSR count). The summed E-state index contributed by atoms with van der Waals surface area (Å²) in [7, 11) is 0. The number of ether oxygens (including phenoxy) is 1. The molecule has 1 aromatic carbocycles. The van der Waals surface area contributed by atoms with Gasteiger partial charge in [-0.1, -0.05) is 17.3 Å². The van der Waals surface area contributed by atoms with Crippen molar-refractivity contribution in [2.24, 2.45) is 0 Å². The van der Waals surface area contributed by atoms with E-state index in [1.165, 1.54) is 0 Å². The fourth-order valence-corrected chi connectivity index (χ4v) is 3.29. The van der Waals surface area contributed by atoms with E-state index in [-0.39, 0.29) is 24.4 Å². The van der Waals surface area contributed by atoms with Crippen molar-refractivity contribution in [1.82, 2.24) is 25.6 Å². The van der Waals surface area contributed by atoms with Crippen LogP contribution in [-0.4, -0.2) is 33.6 Å². The van der Waals surface area contributed by atoms with Gasteiger partial charge in [-0.05, 0) is 38.1 Å². The molecule has 154 valence electrons. The van der Waals surface area contributed by atoms with Crippen LogP contribution in [-0.2, 0) is 16.1 Å². The fraction of sp³-hybridized carbons (Fsp3) is 0.250. The van der Waals surface area contributed by atoms with Gasteiger partial charge >= 0.3 is 12.0 Å². The van der Waals surface area contributed by atoms with Gasteiger partial charge in [0.05, 0.1) is 29.8 Å². The number of benzene rings is 1. The summed E-state index contributed by atoms with van der Waals surface area (Å²) in [6, 6.07) is 8.78. The molecule has 10 heteroatoms. The highest BCUT2D eigenvalue weighted by Crippen LogP contribution is 2.29. The first-order valence-corrected chi connectivity index (χ1v) is 9.34. The lowest BCUT2D eigenvalue weighted by Crippen LogP contribution is -2.47. The number of allylic oxidation sites excluding steroid dienone is 1. The SMILES string of the molecule is CCOC(=O)C1=C(Cn2nnc3ccccc3c2=O)NC(=O)N[C@@H]1c1ccc(C)o1. The second-order valence-electron chi connectivity index (χ2n) is 6.66. The lowest BCUT2D eigenvalue weighted by Gasteiger charge is -2.27. The summed E-state index contributed by atoms with van der Waals surface area (Å²) in [6.45, 7) is 3.40. The number of nitrogens with one attached hydrogen (secondary N) is 2. The Hall–Kier alpha value is -3.95. The van der Waals surface area contributed by atoms with Crippen molar-refractivity contribution in [2.75, 3.05) is 6.61 Å². The summed E-state index contributed by atoms with van der Waals surface area (Å²) in [5.74, 6) is 0.361. The summed E-state index contributed by atoms with van der Waals surface area (Å²) in [4.78, 5) is 37.9. The van der Waals surface area contributed by atoms with Crippen LogP contribution in [0.2, 0.25) is 0 Å². The number of carbonyl (C=O) groups is 2. The molecule has 30 heavy (non-hydrogen) atoms. The van der Waals surface area contributed by atoms with Crippen LogP contribution in [0.15, 0.2) is 56.9 Å². The zero-order valence-corrected chi connectivity index (χ0v) is 16.3. The molecule has 1 aliphatic rings. The highest BCUT2D eigenvalue weighted by molar-refractivity contribution is 5.95. The number of fused-ring (bicyclic) bond motifs is 1. The molecule has 0 radical (unpaired) electrons. The van der Waals surface area contributed by atoms with Gasteiger partial charge in [0.2, 0.25) is 0 Å². The van der Waals surface area contributed by atoms with Crippen molar-refractivity contribution in [2.45, 2.75) is 26.4 Å². The van der Waals surface area contributed by atoms with E-state index in [0.717, 1.165) is 4.68 Å². The monoisotopic (exact) mass is 409 g/mol. The van der Waals surface area contributed by atoms with Crippen molar-refractivity contribution in [3.63, 3.8) is 0 Å². The highest BCUT2D eigenvalue weighted by atomic mass is 16.5. The summed E-state index contributed by atoms with van der Waals surface area (Å²) < 4.78 is 11.9. The Morgan fingerprint density at radius 1 is 1.23 bits per heavy atom. The quantitative estimate of drug-likeness (QED) is 0.612. The van der Waals surface area contributed by atoms with Crippen LogP contribution >= 0.6 is 0 Å². The summed E-state index contributed by atoms with van der Waals surface area (Å²) >= 11 is 0. The lowest BCUT2D eigenvalue weighted by atomic mass is 10.00. The molecular weight excluding hydrogens is 390 g/mol. The Morgan fingerprint density at radius 2 is 2.03 bits per heavy atom. The first kappa shape index (κ1) is 19.4. The predicted octanol–water partition coefficient (Wildman–Crippen LogP) is 1.56. The van der Waals surface area contributed by atoms with E-state index in [4.69, 9.17) is 9.15 Å². The number of esters is 1. The Labute approximate surface area is 170 Å². The van der Waals surface area contributed by atoms with Gasteiger partial charge in [-0.2, -0.15) is 0 Å². The normalized spacial score (nSPS) is 16.3. The van der Waals surface area contributed by atoms with Gasteiger partial charge in [-0.3, -0.25) is 4.79 Å². The van der Waals surface area contributed by atoms with Crippen LogP contribution in [0.3, 0.4) is 0 Å². The minimum atomic E-state index is -0.870. The standard InChI is InChI=1S/C20H19N5O5/c1-3-29-19(27)16-14(21-20(28)22-17(16)15-9-8-11(2)30-15)10-25-18(26)12-6-4-5-7-13(12)23-24-25/h4-9,17H,3,10H2,1-2H3,(H2,21,22,28)/t17-/m1/s1. The average molecular weight is 409 g/mol. The fourth-order valence-electron chi connectivity index (χ4n) is 3.29. The molecule has 0 aliphatic carbocycles. The van der Waals surface area contributed by atoms with Crippen LogP contribution in [0.1, 0.15) is 24.5 Å². The number of amides is 2. The molecule has 1 aliphatic heterocycles. The predicted molar refractivity (Wildman–Crippen MR) is 105 cm³/mol. The first-order chi connectivity index (χ1) is 14.5. The zero-order chi connectivity index (χ0) is 21.3. The van der Waals surface area contributed by atoms with Gasteiger partial charge in [-0.25, -0.2) is 14.3 Å². The van der Waals surface area contributed by atoms with Crippen molar-refractivity contribution >= 4 is 22.9 Å². The number of aromatic nitrogens is 3. The third-order valence-electron chi connectivity index (χ3n) is 4.63. The van der Waals surface area contributed by atoms with Gasteiger partial charge in [0, 0.05) is 0 Å². The van der Waals surface area contributed by atoms with Crippen LogP contribution in [0.4, 0.5) is 4.79 Å². The Morgan fingerprint density at radius 3 is 2.77 bits per heavy atom.